The number of rotatable bonds is 6. The van der Waals surface area contributed by atoms with Gasteiger partial charge < -0.3 is 110 Å². The van der Waals surface area contributed by atoms with Gasteiger partial charge in [0.05, 0.1) is 112 Å². The van der Waals surface area contributed by atoms with Gasteiger partial charge in [-0.25, -0.2) is 0 Å². The first-order valence-electron chi connectivity index (χ1n) is 28.0. The second-order valence-corrected chi connectivity index (χ2v) is 22.2. The summed E-state index contributed by atoms with van der Waals surface area (Å²) in [7, 11) is 0. The van der Waals surface area contributed by atoms with Gasteiger partial charge in [-0.1, -0.05) is 98.9 Å². The highest BCUT2D eigenvalue weighted by Crippen LogP contribution is 2.39. The number of ether oxygens (including phenoxy) is 6. The quantitative estimate of drug-likeness (QED) is 0.127. The summed E-state index contributed by atoms with van der Waals surface area (Å²) in [6.45, 7) is 6.27. The number of hydrogen-bond donors (Lipinski definition) is 15. The van der Waals surface area contributed by atoms with Gasteiger partial charge in [-0.2, -0.15) is 0 Å². The van der Waals surface area contributed by atoms with Gasteiger partial charge in [0.2, 0.25) is 11.7 Å². The monoisotopic (exact) mass is 1150 g/mol. The molecular formula is C57H90N2O22. The van der Waals surface area contributed by atoms with Crippen molar-refractivity contribution >= 4 is 11.9 Å². The van der Waals surface area contributed by atoms with Crippen molar-refractivity contribution in [1.29, 1.82) is 0 Å². The lowest BCUT2D eigenvalue weighted by atomic mass is 9.81. The van der Waals surface area contributed by atoms with Crippen molar-refractivity contribution in [3.8, 4) is 0 Å². The van der Waals surface area contributed by atoms with E-state index in [1.165, 1.54) is 17.9 Å². The second kappa shape index (κ2) is 32.6. The number of cyclic esters (lactones) is 1. The molecule has 5 aliphatic heterocycles. The molecule has 0 aromatic heterocycles. The average molecular weight is 1160 g/mol. The number of allylic oxidation sites excluding steroid dienone is 12. The molecule has 3 unspecified atom stereocenters. The van der Waals surface area contributed by atoms with Crippen LogP contribution in [0.2, 0.25) is 0 Å². The number of amides is 1. The third-order valence-corrected chi connectivity index (χ3v) is 15.6. The average Bonchev–Trinajstić information content (AvgIpc) is 3.62. The first-order valence-corrected chi connectivity index (χ1v) is 28.0. The van der Waals surface area contributed by atoms with Crippen molar-refractivity contribution in [3.05, 3.63) is 85.1 Å². The summed E-state index contributed by atoms with van der Waals surface area (Å²) in [5, 5.41) is 157. The Hall–Kier alpha value is -3.68. The Morgan fingerprint density at radius 3 is 1.89 bits per heavy atom. The molecule has 1 amide bonds. The van der Waals surface area contributed by atoms with Crippen LogP contribution in [0.5, 0.6) is 0 Å². The topological polar surface area (TPSA) is 388 Å². The minimum atomic E-state index is -2.46. The van der Waals surface area contributed by atoms with Crippen LogP contribution in [0.3, 0.4) is 0 Å². The summed E-state index contributed by atoms with van der Waals surface area (Å²) in [6, 6.07) is -1.34. The van der Waals surface area contributed by atoms with Gasteiger partial charge in [0.1, 0.15) is 30.5 Å². The molecule has 460 valence electrons. The zero-order chi connectivity index (χ0) is 59.6. The van der Waals surface area contributed by atoms with E-state index in [1.54, 1.807) is 86.8 Å². The van der Waals surface area contributed by atoms with Gasteiger partial charge in [0.15, 0.2) is 12.1 Å². The lowest BCUT2D eigenvalue weighted by Gasteiger charge is -2.47. The SMILES string of the molecule is C[C@@H]1[C@H](O)[C@@H](C)/C=C/C=C/C=C/C=C/C=C/C=C/C=C/[C@H](OC2O[C@H](C)[C@@H](O)[C@H](NC[C@@]3(O)OC[C@@H](O)[C@@H](O)[C@@H]3O)[C@@H]2O)CC2O[C@](O)(C[C@@H](O)C[C@@H](O)[C@H](O)CC[C@@H](O)C[C@@H](O)CC(=O)O[C@H]1C)C[C@H](O)C2C(=O)N1CCOCC1. The van der Waals surface area contributed by atoms with Gasteiger partial charge in [-0.3, -0.25) is 9.59 Å². The van der Waals surface area contributed by atoms with Crippen LogP contribution in [-0.4, -0.2) is 249 Å². The third-order valence-electron chi connectivity index (χ3n) is 15.6. The van der Waals surface area contributed by atoms with Crippen LogP contribution < -0.4 is 5.32 Å². The number of morpholine rings is 1. The summed E-state index contributed by atoms with van der Waals surface area (Å²) >= 11 is 0. The number of esters is 1. The minimum absolute atomic E-state index is 0.129. The molecule has 15 N–H and O–H groups in total. The number of fused-ring (bicyclic) bond motifs is 2. The summed E-state index contributed by atoms with van der Waals surface area (Å²) in [4.78, 5) is 28.6. The minimum Gasteiger partial charge on any atom is -0.462 e. The smallest absolute Gasteiger partial charge is 0.308 e. The summed E-state index contributed by atoms with van der Waals surface area (Å²) < 4.78 is 34.9. The molecule has 4 saturated heterocycles. The lowest BCUT2D eigenvalue weighted by Crippen LogP contribution is -2.69. The van der Waals surface area contributed by atoms with Crippen LogP contribution in [0.1, 0.15) is 79.1 Å². The van der Waals surface area contributed by atoms with E-state index in [2.05, 4.69) is 5.32 Å². The van der Waals surface area contributed by atoms with Gasteiger partial charge >= 0.3 is 5.97 Å². The van der Waals surface area contributed by atoms with Crippen molar-refractivity contribution < 1.29 is 110 Å². The zero-order valence-corrected chi connectivity index (χ0v) is 46.6. The Balaban J connectivity index is 1.42. The van der Waals surface area contributed by atoms with E-state index in [4.69, 9.17) is 28.4 Å². The standard InChI is InChI=1S/C57H90N2O22/c1-33-17-15-13-11-9-7-5-6-8-10-12-14-16-18-40(80-55-52(71)48(50(69)36(4)79-55)58-32-57(75)53(72)51(70)44(66)31-77-57)28-45-47(54(73)59-21-23-76-24-22-59)43(65)30-56(74,81-45)29-39(62)26-42(64)41(63)20-19-37(60)25-38(61)27-46(67)78-35(3)34(2)49(33)68/h5-18,33-45,47-53,55,58,60-66,68-72,74-75H,19-32H2,1-4H3/b6-5+,9-7+,10-8+,13-11+,14-12+,17-15+,18-16+/t33-,34-,35-,36+,37+,38+,39-,40-,41+,42+,43-,44+,45?,47?,48-,49+,50+,51+,52-,53-,55?,56+,57+/m0/s1. The normalized spacial score (nSPS) is 45.8. The Morgan fingerprint density at radius 1 is 0.654 bits per heavy atom. The van der Waals surface area contributed by atoms with Crippen molar-refractivity contribution in [2.24, 2.45) is 17.8 Å². The van der Waals surface area contributed by atoms with Crippen LogP contribution >= 0.6 is 0 Å². The molecule has 24 nitrogen and oxygen atoms in total. The highest BCUT2D eigenvalue weighted by atomic mass is 16.7. The van der Waals surface area contributed by atoms with Crippen LogP contribution in [0.25, 0.3) is 0 Å². The molecular weight excluding hydrogens is 1060 g/mol. The summed E-state index contributed by atoms with van der Waals surface area (Å²) in [6.07, 6.45) is -2.91. The van der Waals surface area contributed by atoms with E-state index in [9.17, 15) is 81.1 Å². The fraction of sp³-hybridized carbons (Fsp3) is 0.719. The van der Waals surface area contributed by atoms with Gasteiger partial charge in [-0.05, 0) is 33.1 Å². The molecule has 24 heteroatoms. The molecule has 5 aliphatic rings. The molecule has 0 saturated carbocycles. The van der Waals surface area contributed by atoms with Crippen molar-refractivity contribution in [3.63, 3.8) is 0 Å². The number of hydrogen-bond acceptors (Lipinski definition) is 23. The number of nitrogens with one attached hydrogen (secondary N) is 1. The first kappa shape index (κ1) is 68.1. The summed E-state index contributed by atoms with van der Waals surface area (Å²) in [5.41, 5.74) is 0. The largest absolute Gasteiger partial charge is 0.462 e. The van der Waals surface area contributed by atoms with E-state index >= 15 is 0 Å². The van der Waals surface area contributed by atoms with E-state index in [-0.39, 0.29) is 57.9 Å². The van der Waals surface area contributed by atoms with Gasteiger partial charge in [0, 0.05) is 50.6 Å². The molecule has 5 heterocycles. The van der Waals surface area contributed by atoms with Crippen LogP contribution in [0, 0.1) is 17.8 Å². The molecule has 2 bridgehead atoms. The Morgan fingerprint density at radius 2 is 1.26 bits per heavy atom. The van der Waals surface area contributed by atoms with E-state index in [1.807, 2.05) is 13.0 Å². The maximum atomic E-state index is 14.4. The number of carbonyl (C=O) groups excluding carboxylic acids is 2. The molecule has 0 radical (unpaired) electrons. The lowest BCUT2D eigenvalue weighted by molar-refractivity contribution is -0.323. The Labute approximate surface area is 473 Å². The predicted molar refractivity (Wildman–Crippen MR) is 289 cm³/mol. The zero-order valence-electron chi connectivity index (χ0n) is 46.6. The maximum Gasteiger partial charge on any atom is 0.308 e. The Bertz CT molecular complexity index is 2140. The molecule has 0 aromatic rings. The van der Waals surface area contributed by atoms with E-state index < -0.39 is 184 Å². The maximum absolute atomic E-state index is 14.4. The number of aliphatic hydroxyl groups excluding tert-OH is 12. The van der Waals surface area contributed by atoms with E-state index in [0.29, 0.717) is 0 Å². The number of aliphatic hydroxyl groups is 14. The molecule has 0 aliphatic carbocycles. The number of carbonyl (C=O) groups is 2. The van der Waals surface area contributed by atoms with Gasteiger partial charge in [-0.15, -0.1) is 0 Å². The number of nitrogens with zero attached hydrogens (tertiary/aromatic N) is 1. The highest BCUT2D eigenvalue weighted by molar-refractivity contribution is 5.80. The van der Waals surface area contributed by atoms with Gasteiger partial charge in [0.25, 0.3) is 0 Å². The molecule has 5 rings (SSSR count). The predicted octanol–water partition coefficient (Wildman–Crippen LogP) is -2.08. The second-order valence-electron chi connectivity index (χ2n) is 22.2. The fourth-order valence-electron chi connectivity index (χ4n) is 10.5. The van der Waals surface area contributed by atoms with Crippen LogP contribution in [0.4, 0.5) is 0 Å². The molecule has 81 heavy (non-hydrogen) atoms. The Kier molecular flexibility index (Phi) is 27.4. The van der Waals surface area contributed by atoms with Crippen molar-refractivity contribution in [1.82, 2.24) is 10.2 Å². The van der Waals surface area contributed by atoms with Crippen LogP contribution in [0.15, 0.2) is 85.1 Å². The molecule has 0 aromatic carbocycles. The van der Waals surface area contributed by atoms with Crippen LogP contribution in [-0.2, 0) is 38.0 Å². The highest BCUT2D eigenvalue weighted by Gasteiger charge is 2.53. The molecule has 0 spiro atoms. The first-order chi connectivity index (χ1) is 38.3. The van der Waals surface area contributed by atoms with E-state index in [0.717, 1.165) is 0 Å². The fourth-order valence-corrected chi connectivity index (χ4v) is 10.5. The third kappa shape index (κ3) is 20.5. The molecule has 4 fully saturated rings. The van der Waals surface area contributed by atoms with Crippen molar-refractivity contribution in [2.45, 2.75) is 201 Å². The molecule has 23 atom stereocenters. The van der Waals surface area contributed by atoms with Crippen molar-refractivity contribution in [2.75, 3.05) is 39.5 Å². The summed E-state index contributed by atoms with van der Waals surface area (Å²) in [5.74, 6) is -8.22.